The van der Waals surface area contributed by atoms with Crippen LogP contribution in [0.4, 0.5) is 23.2 Å². The van der Waals surface area contributed by atoms with E-state index in [1.54, 1.807) is 0 Å². The Morgan fingerprint density at radius 2 is 1.67 bits per heavy atom. The molecule has 0 aliphatic carbocycles. The minimum absolute atomic E-state index is 0.125. The number of hydrogen-bond donors (Lipinski definition) is 1. The molecule has 1 aromatic heterocycles. The fourth-order valence-electron chi connectivity index (χ4n) is 0.941. The predicted molar refractivity (Wildman–Crippen MR) is 47.4 cm³/mol. The van der Waals surface area contributed by atoms with Crippen LogP contribution in [0.15, 0.2) is 12.7 Å². The van der Waals surface area contributed by atoms with Gasteiger partial charge in [-0.1, -0.05) is 6.08 Å². The highest BCUT2D eigenvalue weighted by molar-refractivity contribution is 5.45. The minimum Gasteiger partial charge on any atom is -0.380 e. The number of pyridine rings is 1. The number of aromatic nitrogens is 1. The highest BCUT2D eigenvalue weighted by Gasteiger charge is 2.19. The van der Waals surface area contributed by atoms with E-state index in [-0.39, 0.29) is 6.54 Å². The van der Waals surface area contributed by atoms with Crippen LogP contribution >= 0.6 is 0 Å². The lowest BCUT2D eigenvalue weighted by atomic mass is 10.3. The first kappa shape index (κ1) is 11.5. The van der Waals surface area contributed by atoms with E-state index in [9.17, 15) is 17.6 Å². The van der Waals surface area contributed by atoms with Gasteiger partial charge in [-0.05, 0) is 6.42 Å². The van der Waals surface area contributed by atoms with E-state index in [0.717, 1.165) is 0 Å². The maximum absolute atomic E-state index is 12.9. The Labute approximate surface area is 83.6 Å². The largest absolute Gasteiger partial charge is 0.380 e. The summed E-state index contributed by atoms with van der Waals surface area (Å²) in [7, 11) is 0. The van der Waals surface area contributed by atoms with Crippen LogP contribution in [-0.2, 0) is 0 Å². The first-order valence-corrected chi connectivity index (χ1v) is 4.12. The Hall–Kier alpha value is -1.59. The Bertz CT molecular complexity index is 353. The molecule has 0 spiro atoms. The van der Waals surface area contributed by atoms with Gasteiger partial charge in [0.1, 0.15) is 5.69 Å². The molecule has 6 heteroatoms. The lowest BCUT2D eigenvalue weighted by molar-refractivity contribution is 0.410. The van der Waals surface area contributed by atoms with E-state index in [1.807, 2.05) is 0 Å². The summed E-state index contributed by atoms with van der Waals surface area (Å²) in [5, 5.41) is 2.22. The first-order chi connectivity index (χ1) is 7.07. The monoisotopic (exact) mass is 220 g/mol. The van der Waals surface area contributed by atoms with Crippen LogP contribution in [-0.4, -0.2) is 11.5 Å². The molecule has 15 heavy (non-hydrogen) atoms. The molecular formula is C9H8F4N2. The highest BCUT2D eigenvalue weighted by Crippen LogP contribution is 2.21. The van der Waals surface area contributed by atoms with Crippen LogP contribution in [0.2, 0.25) is 0 Å². The summed E-state index contributed by atoms with van der Waals surface area (Å²) in [6.45, 7) is 3.51. The summed E-state index contributed by atoms with van der Waals surface area (Å²) >= 11 is 0. The summed E-state index contributed by atoms with van der Waals surface area (Å²) in [6, 6.07) is 0. The SMILES string of the molecule is C=CCCNc1c(F)c(F)nc(F)c1F. The number of hydrogen-bond acceptors (Lipinski definition) is 2. The molecule has 0 saturated heterocycles. The van der Waals surface area contributed by atoms with Gasteiger partial charge in [0.25, 0.3) is 11.9 Å². The van der Waals surface area contributed by atoms with E-state index in [4.69, 9.17) is 0 Å². The molecule has 0 saturated carbocycles. The third kappa shape index (κ3) is 2.45. The van der Waals surface area contributed by atoms with Gasteiger partial charge in [0, 0.05) is 6.54 Å². The van der Waals surface area contributed by atoms with Crippen molar-refractivity contribution in [3.63, 3.8) is 0 Å². The molecule has 0 amide bonds. The fourth-order valence-corrected chi connectivity index (χ4v) is 0.941. The fraction of sp³-hybridized carbons (Fsp3) is 0.222. The van der Waals surface area contributed by atoms with Gasteiger partial charge in [0.05, 0.1) is 0 Å². The second-order valence-corrected chi connectivity index (χ2v) is 2.70. The quantitative estimate of drug-likeness (QED) is 0.365. The van der Waals surface area contributed by atoms with Gasteiger partial charge in [-0.2, -0.15) is 22.5 Å². The topological polar surface area (TPSA) is 24.9 Å². The molecule has 1 aromatic rings. The standard InChI is InChI=1S/C9H8F4N2/c1-2-3-4-14-7-5(10)8(12)15-9(13)6(7)11/h2H,1,3-4H2,(H,14,15). The lowest BCUT2D eigenvalue weighted by Gasteiger charge is -2.07. The van der Waals surface area contributed by atoms with Crippen molar-refractivity contribution < 1.29 is 17.6 Å². The van der Waals surface area contributed by atoms with E-state index in [1.165, 1.54) is 6.08 Å². The van der Waals surface area contributed by atoms with Gasteiger partial charge in [-0.3, -0.25) is 0 Å². The molecule has 1 N–H and O–H groups in total. The van der Waals surface area contributed by atoms with Crippen LogP contribution in [0.25, 0.3) is 0 Å². The summed E-state index contributed by atoms with van der Waals surface area (Å²) < 4.78 is 51.0. The zero-order valence-corrected chi connectivity index (χ0v) is 7.66. The van der Waals surface area contributed by atoms with Crippen molar-refractivity contribution in [3.05, 3.63) is 36.2 Å². The molecule has 1 rings (SSSR count). The van der Waals surface area contributed by atoms with Gasteiger partial charge >= 0.3 is 0 Å². The van der Waals surface area contributed by atoms with Crippen LogP contribution in [0.5, 0.6) is 0 Å². The second kappa shape index (κ2) is 4.77. The van der Waals surface area contributed by atoms with E-state index in [0.29, 0.717) is 6.42 Å². The normalized spacial score (nSPS) is 10.1. The summed E-state index contributed by atoms with van der Waals surface area (Å²) in [4.78, 5) is 2.42. The van der Waals surface area contributed by atoms with Crippen LogP contribution < -0.4 is 5.32 Å². The molecule has 0 aromatic carbocycles. The molecule has 0 aliphatic rings. The van der Waals surface area contributed by atoms with Gasteiger partial charge in [0.2, 0.25) is 11.6 Å². The van der Waals surface area contributed by atoms with Crippen molar-refractivity contribution in [2.45, 2.75) is 6.42 Å². The van der Waals surface area contributed by atoms with Crippen molar-refractivity contribution >= 4 is 5.69 Å². The first-order valence-electron chi connectivity index (χ1n) is 4.12. The molecule has 1 heterocycles. The lowest BCUT2D eigenvalue weighted by Crippen LogP contribution is -2.10. The van der Waals surface area contributed by atoms with E-state index >= 15 is 0 Å². The Kier molecular flexibility index (Phi) is 3.65. The van der Waals surface area contributed by atoms with Crippen molar-refractivity contribution in [1.29, 1.82) is 0 Å². The van der Waals surface area contributed by atoms with Crippen molar-refractivity contribution in [1.82, 2.24) is 4.98 Å². The molecule has 0 fully saturated rings. The smallest absolute Gasteiger partial charge is 0.253 e. The van der Waals surface area contributed by atoms with Crippen LogP contribution in [0.3, 0.4) is 0 Å². The molecule has 0 bridgehead atoms. The Balaban J connectivity index is 2.98. The molecule has 0 atom stereocenters. The van der Waals surface area contributed by atoms with Gasteiger partial charge in [0.15, 0.2) is 0 Å². The van der Waals surface area contributed by atoms with Crippen molar-refractivity contribution in [2.75, 3.05) is 11.9 Å². The number of nitrogens with one attached hydrogen (secondary N) is 1. The minimum atomic E-state index is -1.67. The number of anilines is 1. The second-order valence-electron chi connectivity index (χ2n) is 2.70. The molecule has 2 nitrogen and oxygen atoms in total. The van der Waals surface area contributed by atoms with Crippen molar-refractivity contribution in [2.24, 2.45) is 0 Å². The Morgan fingerprint density at radius 3 is 2.13 bits per heavy atom. The highest BCUT2D eigenvalue weighted by atomic mass is 19.2. The predicted octanol–water partition coefficient (Wildman–Crippen LogP) is 2.63. The third-order valence-corrected chi connectivity index (χ3v) is 1.65. The summed E-state index contributed by atoms with van der Waals surface area (Å²) in [5.74, 6) is -6.40. The number of nitrogens with zero attached hydrogens (tertiary/aromatic N) is 1. The van der Waals surface area contributed by atoms with E-state index < -0.39 is 29.2 Å². The van der Waals surface area contributed by atoms with E-state index in [2.05, 4.69) is 16.9 Å². The molecular weight excluding hydrogens is 212 g/mol. The zero-order valence-electron chi connectivity index (χ0n) is 7.66. The maximum atomic E-state index is 12.9. The average Bonchev–Trinajstić information content (AvgIpc) is 2.20. The molecule has 82 valence electrons. The third-order valence-electron chi connectivity index (χ3n) is 1.65. The average molecular weight is 220 g/mol. The van der Waals surface area contributed by atoms with Crippen LogP contribution in [0.1, 0.15) is 6.42 Å². The maximum Gasteiger partial charge on any atom is 0.253 e. The van der Waals surface area contributed by atoms with Gasteiger partial charge < -0.3 is 5.32 Å². The molecule has 0 radical (unpaired) electrons. The number of halogens is 4. The van der Waals surface area contributed by atoms with Gasteiger partial charge in [-0.25, -0.2) is 0 Å². The molecule has 0 aliphatic heterocycles. The summed E-state index contributed by atoms with van der Waals surface area (Å²) in [6.07, 6.45) is 1.90. The van der Waals surface area contributed by atoms with Gasteiger partial charge in [-0.15, -0.1) is 6.58 Å². The van der Waals surface area contributed by atoms with Crippen LogP contribution in [0, 0.1) is 23.5 Å². The Morgan fingerprint density at radius 1 is 1.13 bits per heavy atom. The zero-order chi connectivity index (χ0) is 11.4. The summed E-state index contributed by atoms with van der Waals surface area (Å²) in [5.41, 5.74) is -0.846. The molecule has 0 unspecified atom stereocenters. The van der Waals surface area contributed by atoms with Crippen molar-refractivity contribution in [3.8, 4) is 0 Å². The number of rotatable bonds is 4.